The average Bonchev–Trinajstić information content (AvgIpc) is 1.98. The molecule has 0 aromatic carbocycles. The fourth-order valence-corrected chi connectivity index (χ4v) is 0.678. The van der Waals surface area contributed by atoms with E-state index in [4.69, 9.17) is 5.73 Å². The quantitative estimate of drug-likeness (QED) is 0.427. The molecule has 0 radical (unpaired) electrons. The first-order valence-electron chi connectivity index (χ1n) is 3.85. The Balaban J connectivity index is 2.95. The lowest BCUT2D eigenvalue weighted by atomic mass is 10.3. The van der Waals surface area contributed by atoms with Crippen molar-refractivity contribution in [1.29, 1.82) is 0 Å². The van der Waals surface area contributed by atoms with Crippen molar-refractivity contribution in [1.82, 2.24) is 5.32 Å². The standard InChI is InChI=1S/C8H18N2/c1-3-4-5-6-10-8(2)7-9/h3,8,10H,1,4-7,9H2,2H3/t8-/m0/s1. The van der Waals surface area contributed by atoms with Crippen LogP contribution in [0.5, 0.6) is 0 Å². The van der Waals surface area contributed by atoms with Crippen molar-refractivity contribution >= 4 is 0 Å². The van der Waals surface area contributed by atoms with Crippen molar-refractivity contribution in [2.24, 2.45) is 5.73 Å². The summed E-state index contributed by atoms with van der Waals surface area (Å²) in [4.78, 5) is 0. The van der Waals surface area contributed by atoms with Gasteiger partial charge in [-0.05, 0) is 26.3 Å². The number of rotatable bonds is 6. The third-order valence-electron chi connectivity index (χ3n) is 1.43. The van der Waals surface area contributed by atoms with E-state index in [1.807, 2.05) is 6.08 Å². The molecule has 0 aliphatic rings. The van der Waals surface area contributed by atoms with E-state index in [1.165, 1.54) is 0 Å². The van der Waals surface area contributed by atoms with Gasteiger partial charge in [0.1, 0.15) is 0 Å². The second-order valence-corrected chi connectivity index (χ2v) is 2.52. The molecule has 60 valence electrons. The molecule has 1 atom stereocenters. The number of unbranched alkanes of at least 4 members (excludes halogenated alkanes) is 1. The van der Waals surface area contributed by atoms with Crippen LogP contribution < -0.4 is 11.1 Å². The summed E-state index contributed by atoms with van der Waals surface area (Å²) in [5.74, 6) is 0. The molecule has 0 saturated carbocycles. The molecule has 10 heavy (non-hydrogen) atoms. The van der Waals surface area contributed by atoms with E-state index in [9.17, 15) is 0 Å². The van der Waals surface area contributed by atoms with Crippen molar-refractivity contribution < 1.29 is 0 Å². The monoisotopic (exact) mass is 142 g/mol. The molecule has 2 heteroatoms. The minimum Gasteiger partial charge on any atom is -0.329 e. The molecule has 2 nitrogen and oxygen atoms in total. The number of hydrogen-bond donors (Lipinski definition) is 2. The Morgan fingerprint density at radius 1 is 1.70 bits per heavy atom. The van der Waals surface area contributed by atoms with E-state index < -0.39 is 0 Å². The van der Waals surface area contributed by atoms with Crippen LogP contribution in [0, 0.1) is 0 Å². The van der Waals surface area contributed by atoms with Crippen molar-refractivity contribution in [2.75, 3.05) is 13.1 Å². The molecule has 0 saturated heterocycles. The lowest BCUT2D eigenvalue weighted by Crippen LogP contribution is -2.33. The van der Waals surface area contributed by atoms with Gasteiger partial charge in [0.05, 0.1) is 0 Å². The second kappa shape index (κ2) is 6.78. The van der Waals surface area contributed by atoms with Gasteiger partial charge in [-0.15, -0.1) is 6.58 Å². The van der Waals surface area contributed by atoms with Crippen molar-refractivity contribution in [3.05, 3.63) is 12.7 Å². The van der Waals surface area contributed by atoms with Crippen molar-refractivity contribution in [3.63, 3.8) is 0 Å². The molecule has 0 heterocycles. The van der Waals surface area contributed by atoms with Crippen LogP contribution in [0.25, 0.3) is 0 Å². The Hall–Kier alpha value is -0.340. The predicted octanol–water partition coefficient (Wildman–Crippen LogP) is 0.889. The van der Waals surface area contributed by atoms with E-state index in [-0.39, 0.29) is 0 Å². The van der Waals surface area contributed by atoms with Gasteiger partial charge in [-0.1, -0.05) is 6.08 Å². The van der Waals surface area contributed by atoms with E-state index in [2.05, 4.69) is 18.8 Å². The van der Waals surface area contributed by atoms with E-state index in [1.54, 1.807) is 0 Å². The van der Waals surface area contributed by atoms with Crippen LogP contribution in [0.1, 0.15) is 19.8 Å². The zero-order valence-electron chi connectivity index (χ0n) is 6.77. The van der Waals surface area contributed by atoms with Gasteiger partial charge >= 0.3 is 0 Å². The fraction of sp³-hybridized carbons (Fsp3) is 0.750. The molecule has 0 rings (SSSR count). The van der Waals surface area contributed by atoms with Crippen LogP contribution in [0.2, 0.25) is 0 Å². The molecule has 0 spiro atoms. The van der Waals surface area contributed by atoms with E-state index >= 15 is 0 Å². The van der Waals surface area contributed by atoms with Crippen molar-refractivity contribution in [3.8, 4) is 0 Å². The summed E-state index contributed by atoms with van der Waals surface area (Å²) in [5.41, 5.74) is 5.40. The third-order valence-corrected chi connectivity index (χ3v) is 1.43. The third kappa shape index (κ3) is 5.79. The van der Waals surface area contributed by atoms with Crippen LogP contribution in [0.15, 0.2) is 12.7 Å². The van der Waals surface area contributed by atoms with E-state index in [0.717, 1.165) is 19.4 Å². The molecule has 0 aromatic rings. The lowest BCUT2D eigenvalue weighted by molar-refractivity contribution is 0.546. The topological polar surface area (TPSA) is 38.0 Å². The van der Waals surface area contributed by atoms with Gasteiger partial charge in [0, 0.05) is 12.6 Å². The Morgan fingerprint density at radius 2 is 2.40 bits per heavy atom. The molecule has 0 aromatic heterocycles. The van der Waals surface area contributed by atoms with Crippen LogP contribution in [0.3, 0.4) is 0 Å². The first kappa shape index (κ1) is 9.66. The Labute approximate surface area is 63.5 Å². The molecule has 0 amide bonds. The van der Waals surface area contributed by atoms with Crippen LogP contribution in [0.4, 0.5) is 0 Å². The first-order valence-corrected chi connectivity index (χ1v) is 3.85. The fourth-order valence-electron chi connectivity index (χ4n) is 0.678. The molecular weight excluding hydrogens is 124 g/mol. The Kier molecular flexibility index (Phi) is 6.55. The summed E-state index contributed by atoms with van der Waals surface area (Å²) in [6.45, 7) is 7.50. The minimum atomic E-state index is 0.449. The van der Waals surface area contributed by atoms with Crippen LogP contribution in [-0.2, 0) is 0 Å². The van der Waals surface area contributed by atoms with E-state index in [0.29, 0.717) is 12.6 Å². The molecule has 0 fully saturated rings. The largest absolute Gasteiger partial charge is 0.329 e. The maximum absolute atomic E-state index is 5.40. The summed E-state index contributed by atoms with van der Waals surface area (Å²) in [7, 11) is 0. The Bertz CT molecular complexity index is 81.3. The van der Waals surface area contributed by atoms with Gasteiger partial charge in [-0.25, -0.2) is 0 Å². The zero-order chi connectivity index (χ0) is 7.82. The van der Waals surface area contributed by atoms with Gasteiger partial charge < -0.3 is 11.1 Å². The smallest absolute Gasteiger partial charge is 0.0161 e. The SMILES string of the molecule is C=CCCCN[C@@H](C)CN. The second-order valence-electron chi connectivity index (χ2n) is 2.52. The number of allylic oxidation sites excluding steroid dienone is 1. The molecular formula is C8H18N2. The van der Waals surface area contributed by atoms with Crippen molar-refractivity contribution in [2.45, 2.75) is 25.8 Å². The highest BCUT2D eigenvalue weighted by molar-refractivity contribution is 4.67. The number of hydrogen-bond acceptors (Lipinski definition) is 2. The molecule has 3 N–H and O–H groups in total. The predicted molar refractivity (Wildman–Crippen MR) is 46.0 cm³/mol. The zero-order valence-corrected chi connectivity index (χ0v) is 6.77. The normalized spacial score (nSPS) is 13.0. The molecule has 0 unspecified atom stereocenters. The van der Waals surface area contributed by atoms with Gasteiger partial charge in [-0.2, -0.15) is 0 Å². The summed E-state index contributed by atoms with van der Waals surface area (Å²) in [6.07, 6.45) is 4.19. The summed E-state index contributed by atoms with van der Waals surface area (Å²) in [5, 5.41) is 3.29. The van der Waals surface area contributed by atoms with Crippen LogP contribution in [-0.4, -0.2) is 19.1 Å². The Morgan fingerprint density at radius 3 is 2.90 bits per heavy atom. The maximum atomic E-state index is 5.40. The lowest BCUT2D eigenvalue weighted by Gasteiger charge is -2.09. The van der Waals surface area contributed by atoms with Gasteiger partial charge in [-0.3, -0.25) is 0 Å². The average molecular weight is 142 g/mol. The van der Waals surface area contributed by atoms with Gasteiger partial charge in [0.25, 0.3) is 0 Å². The summed E-state index contributed by atoms with van der Waals surface area (Å²) in [6, 6.07) is 0.449. The highest BCUT2D eigenvalue weighted by Crippen LogP contribution is 1.87. The highest BCUT2D eigenvalue weighted by Gasteiger charge is 1.94. The minimum absolute atomic E-state index is 0.449. The maximum Gasteiger partial charge on any atom is 0.0161 e. The van der Waals surface area contributed by atoms with Gasteiger partial charge in [0.15, 0.2) is 0 Å². The molecule has 0 bridgehead atoms. The summed E-state index contributed by atoms with van der Waals surface area (Å²) < 4.78 is 0. The first-order chi connectivity index (χ1) is 4.81. The number of nitrogens with one attached hydrogen (secondary N) is 1. The highest BCUT2D eigenvalue weighted by atomic mass is 14.9. The molecule has 0 aliphatic carbocycles. The van der Waals surface area contributed by atoms with Gasteiger partial charge in [0.2, 0.25) is 0 Å². The van der Waals surface area contributed by atoms with Crippen LogP contribution >= 0.6 is 0 Å². The number of nitrogens with two attached hydrogens (primary N) is 1. The molecule has 0 aliphatic heterocycles. The summed E-state index contributed by atoms with van der Waals surface area (Å²) >= 11 is 0.